The van der Waals surface area contributed by atoms with Gasteiger partial charge in [-0.05, 0) is 43.3 Å². The smallest absolute Gasteiger partial charge is 0.308 e. The summed E-state index contributed by atoms with van der Waals surface area (Å²) in [5, 5.41) is 9.20. The van der Waals surface area contributed by atoms with Crippen LogP contribution in [-0.2, 0) is 16.2 Å². The average molecular weight is 546 g/mol. The number of amides is 2. The van der Waals surface area contributed by atoms with Crippen molar-refractivity contribution in [1.29, 1.82) is 0 Å². The first-order chi connectivity index (χ1) is 18.0. The van der Waals surface area contributed by atoms with E-state index in [-0.39, 0.29) is 16.4 Å². The van der Waals surface area contributed by atoms with Gasteiger partial charge in [-0.3, -0.25) is 0 Å². The largest absolute Gasteiger partial charge is 0.417 e. The molecule has 198 valence electrons. The summed E-state index contributed by atoms with van der Waals surface area (Å²) in [6.45, 7) is 6.99. The molecule has 9 nitrogen and oxygen atoms in total. The summed E-state index contributed by atoms with van der Waals surface area (Å²) in [6, 6.07) is 7.46. The van der Waals surface area contributed by atoms with Crippen LogP contribution in [0.1, 0.15) is 19.4 Å². The lowest BCUT2D eigenvalue weighted by atomic mass is 10.3. The Hall–Kier alpha value is -4.52. The highest BCUT2D eigenvalue weighted by Gasteiger charge is 2.32. The van der Waals surface area contributed by atoms with Crippen LogP contribution < -0.4 is 10.6 Å². The standard InChI is InChI=1S/C25H23F3N6O3S/c1-4-7-8-19(5-2)31-24(35)32-20-10-12-21(13-11-20)34(6-3)38(36,37)22-16-30-33(17-22)23-14-9-18(15-29-23)25(26,27)28/h4-17H,2H2,1,3H3,(H-,31,32,35)/p+1/b7-4-,19-8+,34-6?. The predicted molar refractivity (Wildman–Crippen MR) is 137 cm³/mol. The molecule has 1 aromatic carbocycles. The number of halogens is 3. The molecule has 2 N–H and O–H groups in total. The Morgan fingerprint density at radius 3 is 2.37 bits per heavy atom. The van der Waals surface area contributed by atoms with E-state index in [4.69, 9.17) is 0 Å². The van der Waals surface area contributed by atoms with E-state index in [0.717, 1.165) is 33.2 Å². The Bertz CT molecular complexity index is 1500. The van der Waals surface area contributed by atoms with Gasteiger partial charge >= 0.3 is 22.2 Å². The van der Waals surface area contributed by atoms with E-state index in [1.54, 1.807) is 18.2 Å². The molecule has 0 aliphatic rings. The zero-order valence-corrected chi connectivity index (χ0v) is 21.2. The number of benzene rings is 1. The number of urea groups is 1. The van der Waals surface area contributed by atoms with Gasteiger partial charge in [-0.2, -0.15) is 26.7 Å². The number of sulfonamides is 1. The zero-order valence-electron chi connectivity index (χ0n) is 20.3. The molecule has 2 aromatic heterocycles. The van der Waals surface area contributed by atoms with E-state index in [2.05, 4.69) is 27.3 Å². The topological polar surface area (TPSA) is 109 Å². The molecular weight excluding hydrogens is 521 g/mol. The van der Waals surface area contributed by atoms with Crippen LogP contribution in [-0.4, -0.2) is 39.4 Å². The Labute approximate surface area is 217 Å². The Kier molecular flexibility index (Phi) is 8.63. The number of rotatable bonds is 8. The second-order valence-corrected chi connectivity index (χ2v) is 9.38. The van der Waals surface area contributed by atoms with Gasteiger partial charge in [-0.1, -0.05) is 22.7 Å². The number of hydrogen-bond donors (Lipinski definition) is 2. The van der Waals surface area contributed by atoms with Gasteiger partial charge in [0, 0.05) is 36.6 Å². The van der Waals surface area contributed by atoms with Crippen molar-refractivity contribution in [3.63, 3.8) is 0 Å². The van der Waals surface area contributed by atoms with Gasteiger partial charge in [0.1, 0.15) is 0 Å². The Morgan fingerprint density at radius 1 is 1.11 bits per heavy atom. The van der Waals surface area contributed by atoms with Gasteiger partial charge in [0.2, 0.25) is 5.69 Å². The van der Waals surface area contributed by atoms with Crippen molar-refractivity contribution < 1.29 is 30.4 Å². The summed E-state index contributed by atoms with van der Waals surface area (Å²) in [6.07, 6.45) is 6.35. The van der Waals surface area contributed by atoms with E-state index in [9.17, 15) is 26.4 Å². The molecule has 0 bridgehead atoms. The van der Waals surface area contributed by atoms with Crippen molar-refractivity contribution in [2.45, 2.75) is 24.9 Å². The minimum Gasteiger partial charge on any atom is -0.308 e. The third-order valence-corrected chi connectivity index (χ3v) is 6.73. The monoisotopic (exact) mass is 545 g/mol. The maximum absolute atomic E-state index is 13.3. The summed E-state index contributed by atoms with van der Waals surface area (Å²) < 4.78 is 67.0. The summed E-state index contributed by atoms with van der Waals surface area (Å²) in [5.41, 5.74) is 0.241. The second kappa shape index (κ2) is 11.7. The Morgan fingerprint density at radius 2 is 1.82 bits per heavy atom. The number of allylic oxidation sites excluding steroid dienone is 4. The molecule has 0 spiro atoms. The molecule has 0 fully saturated rings. The average Bonchev–Trinajstić information content (AvgIpc) is 3.39. The maximum Gasteiger partial charge on any atom is 0.417 e. The van der Waals surface area contributed by atoms with E-state index < -0.39 is 27.8 Å². The molecule has 0 atom stereocenters. The molecule has 0 saturated heterocycles. The summed E-state index contributed by atoms with van der Waals surface area (Å²) in [7, 11) is -4.12. The molecule has 0 unspecified atom stereocenters. The number of carbonyl (C=O) groups is 1. The third-order valence-electron chi connectivity index (χ3n) is 4.99. The van der Waals surface area contributed by atoms with Crippen LogP contribution in [0.25, 0.3) is 5.82 Å². The van der Waals surface area contributed by atoms with Gasteiger partial charge in [0.05, 0.1) is 18.0 Å². The van der Waals surface area contributed by atoms with Crippen molar-refractivity contribution in [3.8, 4) is 5.82 Å². The minimum absolute atomic E-state index is 0.0142. The number of anilines is 1. The lowest BCUT2D eigenvalue weighted by Gasteiger charge is -2.08. The zero-order chi connectivity index (χ0) is 27.9. The van der Waals surface area contributed by atoms with Crippen molar-refractivity contribution in [2.75, 3.05) is 5.32 Å². The molecule has 2 heterocycles. The summed E-state index contributed by atoms with van der Waals surface area (Å²) in [4.78, 5) is 15.7. The highest BCUT2D eigenvalue weighted by molar-refractivity contribution is 7.85. The summed E-state index contributed by atoms with van der Waals surface area (Å²) in [5.74, 6) is 0.0142. The van der Waals surface area contributed by atoms with Crippen molar-refractivity contribution in [3.05, 3.63) is 97.1 Å². The molecule has 0 saturated carbocycles. The van der Waals surface area contributed by atoms with Crippen LogP contribution >= 0.6 is 0 Å². The minimum atomic E-state index is -4.55. The number of hydrogen-bond acceptors (Lipinski definition) is 5. The maximum atomic E-state index is 13.3. The molecule has 2 amide bonds. The van der Waals surface area contributed by atoms with E-state index in [1.165, 1.54) is 43.5 Å². The van der Waals surface area contributed by atoms with Crippen LogP contribution in [0.4, 0.5) is 29.3 Å². The van der Waals surface area contributed by atoms with E-state index in [0.29, 0.717) is 17.6 Å². The van der Waals surface area contributed by atoms with Crippen LogP contribution in [0.15, 0.2) is 96.5 Å². The van der Waals surface area contributed by atoms with Gasteiger partial charge in [-0.25, -0.2) is 14.5 Å². The number of carbonyl (C=O) groups excluding carboxylic acids is 1. The first-order valence-electron chi connectivity index (χ1n) is 11.0. The quantitative estimate of drug-likeness (QED) is 0.230. The highest BCUT2D eigenvalue weighted by atomic mass is 32.2. The molecular formula is C25H24F3N6O3S+. The SMILES string of the molecule is C=C/C(=C\C=C/C)NC(=O)Nc1ccc([N+](=CC)S(=O)(=O)c2cnn(-c3ccc(C(F)(F)F)cn3)c2)cc1. The molecule has 0 aliphatic heterocycles. The van der Waals surface area contributed by atoms with E-state index in [1.807, 2.05) is 6.92 Å². The second-order valence-electron chi connectivity index (χ2n) is 7.56. The van der Waals surface area contributed by atoms with Crippen LogP contribution in [0.3, 0.4) is 0 Å². The first kappa shape index (κ1) is 28.1. The number of pyridine rings is 1. The number of nitrogens with zero attached hydrogens (tertiary/aromatic N) is 4. The lowest BCUT2D eigenvalue weighted by molar-refractivity contribution is -0.255. The summed E-state index contributed by atoms with van der Waals surface area (Å²) >= 11 is 0. The van der Waals surface area contributed by atoms with Gasteiger partial charge in [0.15, 0.2) is 16.9 Å². The van der Waals surface area contributed by atoms with Crippen LogP contribution in [0, 0.1) is 0 Å². The molecule has 0 aliphatic carbocycles. The molecule has 38 heavy (non-hydrogen) atoms. The number of nitrogens with one attached hydrogen (secondary N) is 2. The van der Waals surface area contributed by atoms with Crippen LogP contribution in [0.5, 0.6) is 0 Å². The van der Waals surface area contributed by atoms with Crippen LogP contribution in [0.2, 0.25) is 0 Å². The van der Waals surface area contributed by atoms with Crippen molar-refractivity contribution >= 4 is 33.6 Å². The van der Waals surface area contributed by atoms with Gasteiger partial charge in [-0.15, -0.1) is 0 Å². The normalized spacial score (nSPS) is 13.0. The predicted octanol–water partition coefficient (Wildman–Crippen LogP) is 5.18. The molecule has 13 heteroatoms. The lowest BCUT2D eigenvalue weighted by Crippen LogP contribution is -2.27. The number of alkyl halides is 3. The highest BCUT2D eigenvalue weighted by Crippen LogP contribution is 2.29. The molecule has 0 radical (unpaired) electrons. The fraction of sp³-hybridized carbons (Fsp3) is 0.120. The fourth-order valence-corrected chi connectivity index (χ4v) is 4.46. The third kappa shape index (κ3) is 6.62. The molecule has 3 aromatic rings. The van der Waals surface area contributed by atoms with E-state index >= 15 is 0 Å². The van der Waals surface area contributed by atoms with Crippen molar-refractivity contribution in [1.82, 2.24) is 20.1 Å². The van der Waals surface area contributed by atoms with Gasteiger partial charge in [0.25, 0.3) is 0 Å². The number of aromatic nitrogens is 3. The first-order valence-corrected chi connectivity index (χ1v) is 12.5. The molecule has 3 rings (SSSR count). The van der Waals surface area contributed by atoms with Crippen molar-refractivity contribution in [2.24, 2.45) is 0 Å². The van der Waals surface area contributed by atoms with Gasteiger partial charge < -0.3 is 10.6 Å². The fourth-order valence-electron chi connectivity index (χ4n) is 3.14. The Balaban J connectivity index is 1.77.